The fraction of sp³-hybridized carbons (Fsp3) is 0.333. The number of benzene rings is 2. The van der Waals surface area contributed by atoms with Crippen LogP contribution in [0, 0.1) is 5.92 Å². The van der Waals surface area contributed by atoms with Crippen molar-refractivity contribution in [3.8, 4) is 0 Å². The predicted molar refractivity (Wildman–Crippen MR) is 75.1 cm³/mol. The van der Waals surface area contributed by atoms with E-state index in [4.69, 9.17) is 0 Å². The normalized spacial score (nSPS) is 14.9. The number of fused-ring (bicyclic) bond motifs is 1. The van der Waals surface area contributed by atoms with Gasteiger partial charge >= 0.3 is 0 Å². The molecular formula is C15H17Br. The highest BCUT2D eigenvalue weighted by Gasteiger charge is 2.16. The van der Waals surface area contributed by atoms with Gasteiger partial charge in [0, 0.05) is 4.83 Å². The molecule has 2 unspecified atom stereocenters. The molecule has 0 aromatic heterocycles. The van der Waals surface area contributed by atoms with E-state index in [1.807, 2.05) is 0 Å². The molecule has 0 aliphatic carbocycles. The largest absolute Gasteiger partial charge is 0.0836 e. The summed E-state index contributed by atoms with van der Waals surface area (Å²) in [6.07, 6.45) is 1.19. The minimum Gasteiger partial charge on any atom is -0.0836 e. The molecule has 0 radical (unpaired) electrons. The Kier molecular flexibility index (Phi) is 3.65. The fourth-order valence-corrected chi connectivity index (χ4v) is 2.78. The zero-order chi connectivity index (χ0) is 11.5. The average Bonchev–Trinajstić information content (AvgIpc) is 2.36. The van der Waals surface area contributed by atoms with Crippen LogP contribution in [0.5, 0.6) is 0 Å². The van der Waals surface area contributed by atoms with Crippen molar-refractivity contribution < 1.29 is 0 Å². The van der Waals surface area contributed by atoms with E-state index in [1.165, 1.54) is 22.8 Å². The van der Waals surface area contributed by atoms with E-state index in [0.717, 1.165) is 0 Å². The summed E-state index contributed by atoms with van der Waals surface area (Å²) in [5.41, 5.74) is 1.41. The summed E-state index contributed by atoms with van der Waals surface area (Å²) in [4.78, 5) is 0.448. The molecule has 0 nitrogen and oxygen atoms in total. The van der Waals surface area contributed by atoms with E-state index in [9.17, 15) is 0 Å². The Morgan fingerprint density at radius 2 is 1.75 bits per heavy atom. The van der Waals surface area contributed by atoms with Crippen LogP contribution in [-0.2, 0) is 0 Å². The van der Waals surface area contributed by atoms with Crippen molar-refractivity contribution in [2.24, 2.45) is 5.92 Å². The maximum absolute atomic E-state index is 3.83. The molecule has 0 saturated carbocycles. The summed E-state index contributed by atoms with van der Waals surface area (Å²) in [6.45, 7) is 4.53. The van der Waals surface area contributed by atoms with Gasteiger partial charge in [-0.15, -0.1) is 0 Å². The second-order valence-corrected chi connectivity index (χ2v) is 5.34. The Hall–Kier alpha value is -0.820. The number of rotatable bonds is 3. The third-order valence-corrected chi connectivity index (χ3v) is 4.66. The van der Waals surface area contributed by atoms with Gasteiger partial charge in [-0.25, -0.2) is 0 Å². The molecule has 0 fully saturated rings. The molecule has 1 heteroatoms. The van der Waals surface area contributed by atoms with E-state index in [2.05, 4.69) is 72.2 Å². The van der Waals surface area contributed by atoms with E-state index >= 15 is 0 Å². The number of alkyl halides is 1. The first-order chi connectivity index (χ1) is 7.74. The molecule has 0 amide bonds. The number of halogens is 1. The summed E-state index contributed by atoms with van der Waals surface area (Å²) >= 11 is 3.83. The minimum absolute atomic E-state index is 0.448. The van der Waals surface area contributed by atoms with Crippen LogP contribution in [0.25, 0.3) is 10.8 Å². The van der Waals surface area contributed by atoms with Crippen molar-refractivity contribution in [3.05, 3.63) is 48.0 Å². The van der Waals surface area contributed by atoms with Crippen molar-refractivity contribution in [1.82, 2.24) is 0 Å². The van der Waals surface area contributed by atoms with Crippen LogP contribution in [0.1, 0.15) is 30.7 Å². The lowest BCUT2D eigenvalue weighted by Gasteiger charge is -2.18. The van der Waals surface area contributed by atoms with Crippen LogP contribution in [0.2, 0.25) is 0 Å². The van der Waals surface area contributed by atoms with Crippen molar-refractivity contribution in [1.29, 1.82) is 0 Å². The van der Waals surface area contributed by atoms with Gasteiger partial charge in [-0.1, -0.05) is 78.7 Å². The van der Waals surface area contributed by atoms with Crippen molar-refractivity contribution in [2.75, 3.05) is 0 Å². The topological polar surface area (TPSA) is 0 Å². The van der Waals surface area contributed by atoms with Gasteiger partial charge in [0.15, 0.2) is 0 Å². The zero-order valence-corrected chi connectivity index (χ0v) is 11.4. The third kappa shape index (κ3) is 2.15. The zero-order valence-electron chi connectivity index (χ0n) is 9.78. The highest BCUT2D eigenvalue weighted by atomic mass is 79.9. The van der Waals surface area contributed by atoms with Gasteiger partial charge in [-0.3, -0.25) is 0 Å². The molecule has 0 N–H and O–H groups in total. The highest BCUT2D eigenvalue weighted by molar-refractivity contribution is 9.09. The molecule has 2 aromatic rings. The quantitative estimate of drug-likeness (QED) is 0.666. The third-order valence-electron chi connectivity index (χ3n) is 3.26. The summed E-state index contributed by atoms with van der Waals surface area (Å²) in [6, 6.07) is 15.1. The summed E-state index contributed by atoms with van der Waals surface area (Å²) in [7, 11) is 0. The molecule has 2 aromatic carbocycles. The second-order valence-electron chi connectivity index (χ2n) is 4.36. The Balaban J connectivity index is 2.52. The van der Waals surface area contributed by atoms with Gasteiger partial charge < -0.3 is 0 Å². The lowest BCUT2D eigenvalue weighted by Crippen LogP contribution is -2.02. The molecule has 0 bridgehead atoms. The van der Waals surface area contributed by atoms with E-state index < -0.39 is 0 Å². The smallest absolute Gasteiger partial charge is 0.0426 e. The van der Waals surface area contributed by atoms with Gasteiger partial charge in [0.25, 0.3) is 0 Å². The molecule has 84 valence electrons. The molecule has 2 atom stereocenters. The predicted octanol–water partition coefficient (Wildman–Crippen LogP) is 5.32. The van der Waals surface area contributed by atoms with Crippen LogP contribution in [-0.4, -0.2) is 0 Å². The monoisotopic (exact) mass is 276 g/mol. The Bertz CT molecular complexity index is 470. The Morgan fingerprint density at radius 3 is 2.50 bits per heavy atom. The van der Waals surface area contributed by atoms with Gasteiger partial charge in [0.05, 0.1) is 0 Å². The highest BCUT2D eigenvalue weighted by Crippen LogP contribution is 2.36. The SMILES string of the molecule is CCC(C)C(Br)c1cccc2ccccc12. The first-order valence-corrected chi connectivity index (χ1v) is 6.77. The minimum atomic E-state index is 0.448. The van der Waals surface area contributed by atoms with Crippen molar-refractivity contribution in [2.45, 2.75) is 25.1 Å². The first kappa shape index (κ1) is 11.7. The van der Waals surface area contributed by atoms with Gasteiger partial charge in [-0.2, -0.15) is 0 Å². The summed E-state index contributed by atoms with van der Waals surface area (Å²) in [5, 5.41) is 2.69. The average molecular weight is 277 g/mol. The molecule has 0 heterocycles. The first-order valence-electron chi connectivity index (χ1n) is 5.85. The summed E-state index contributed by atoms with van der Waals surface area (Å²) in [5.74, 6) is 0.658. The Labute approximate surface area is 106 Å². The van der Waals surface area contributed by atoms with Crippen LogP contribution in [0.15, 0.2) is 42.5 Å². The molecule has 2 rings (SSSR count). The molecule has 0 saturated heterocycles. The van der Waals surface area contributed by atoms with Crippen molar-refractivity contribution in [3.63, 3.8) is 0 Å². The fourth-order valence-electron chi connectivity index (χ4n) is 2.00. The van der Waals surface area contributed by atoms with E-state index in [-0.39, 0.29) is 0 Å². The maximum Gasteiger partial charge on any atom is 0.0426 e. The van der Waals surface area contributed by atoms with Gasteiger partial charge in [0.2, 0.25) is 0 Å². The van der Waals surface area contributed by atoms with Crippen LogP contribution < -0.4 is 0 Å². The van der Waals surface area contributed by atoms with E-state index in [0.29, 0.717) is 10.7 Å². The van der Waals surface area contributed by atoms with Gasteiger partial charge in [-0.05, 0) is 22.3 Å². The Morgan fingerprint density at radius 1 is 1.06 bits per heavy atom. The molecular weight excluding hydrogens is 260 g/mol. The maximum atomic E-state index is 3.83. The van der Waals surface area contributed by atoms with Crippen LogP contribution in [0.4, 0.5) is 0 Å². The van der Waals surface area contributed by atoms with Crippen molar-refractivity contribution >= 4 is 26.7 Å². The number of hydrogen-bond donors (Lipinski definition) is 0. The van der Waals surface area contributed by atoms with Crippen LogP contribution in [0.3, 0.4) is 0 Å². The summed E-state index contributed by atoms with van der Waals surface area (Å²) < 4.78 is 0. The van der Waals surface area contributed by atoms with Crippen LogP contribution >= 0.6 is 15.9 Å². The second kappa shape index (κ2) is 5.01. The lowest BCUT2D eigenvalue weighted by atomic mass is 9.94. The van der Waals surface area contributed by atoms with Gasteiger partial charge in [0.1, 0.15) is 0 Å². The number of hydrogen-bond acceptors (Lipinski definition) is 0. The molecule has 0 aliphatic heterocycles. The standard InChI is InChI=1S/C15H17Br/c1-3-11(2)15(16)14-10-6-8-12-7-4-5-9-13(12)14/h4-11,15H,3H2,1-2H3. The van der Waals surface area contributed by atoms with E-state index in [1.54, 1.807) is 0 Å². The lowest BCUT2D eigenvalue weighted by molar-refractivity contribution is 0.557. The molecule has 16 heavy (non-hydrogen) atoms. The molecule has 0 aliphatic rings. The molecule has 0 spiro atoms.